The number of rotatable bonds is 5. The first-order chi connectivity index (χ1) is 17.5. The van der Waals surface area contributed by atoms with Crippen molar-refractivity contribution in [1.82, 2.24) is 19.7 Å². The second-order valence-electron chi connectivity index (χ2n) is 9.15. The molecule has 178 valence electrons. The minimum absolute atomic E-state index is 0.107. The van der Waals surface area contributed by atoms with Gasteiger partial charge in [-0.1, -0.05) is 12.1 Å². The van der Waals surface area contributed by atoms with E-state index in [0.717, 1.165) is 35.2 Å². The van der Waals surface area contributed by atoms with Crippen molar-refractivity contribution in [2.45, 2.75) is 31.2 Å². The number of benzene rings is 2. The number of hydrogen-bond donors (Lipinski definition) is 0. The summed E-state index contributed by atoms with van der Waals surface area (Å²) in [5.41, 5.74) is 5.09. The van der Waals surface area contributed by atoms with Gasteiger partial charge in [0.05, 0.1) is 13.1 Å². The first-order valence-electron chi connectivity index (χ1n) is 11.5. The molecule has 1 saturated carbocycles. The Morgan fingerprint density at radius 3 is 2.67 bits per heavy atom. The third-order valence-electron chi connectivity index (χ3n) is 6.70. The molecule has 0 atom stereocenters. The van der Waals surface area contributed by atoms with Crippen LogP contribution < -0.4 is 4.90 Å². The topological polar surface area (TPSA) is 68.3 Å². The molecule has 1 aliphatic carbocycles. The van der Waals surface area contributed by atoms with Crippen LogP contribution >= 0.6 is 11.6 Å². The van der Waals surface area contributed by atoms with Crippen LogP contribution in [0, 0.1) is 12.4 Å². The Balaban J connectivity index is 1.49. The van der Waals surface area contributed by atoms with Gasteiger partial charge in [-0.3, -0.25) is 9.69 Å². The fourth-order valence-electron chi connectivity index (χ4n) is 4.67. The van der Waals surface area contributed by atoms with Crippen LogP contribution in [-0.2, 0) is 19.5 Å². The zero-order chi connectivity index (χ0) is 25.0. The molecular formula is C27H20ClFN6O. The van der Waals surface area contributed by atoms with Gasteiger partial charge in [-0.05, 0) is 59.9 Å². The number of carbonyl (C=O) groups is 1. The van der Waals surface area contributed by atoms with Gasteiger partial charge in [-0.25, -0.2) is 14.2 Å². The lowest BCUT2D eigenvalue weighted by Gasteiger charge is -2.18. The monoisotopic (exact) mass is 498 g/mol. The summed E-state index contributed by atoms with van der Waals surface area (Å²) in [5.74, 6) is 0.825. The van der Waals surface area contributed by atoms with Crippen molar-refractivity contribution in [1.29, 1.82) is 0 Å². The minimum atomic E-state index is -0.433. The number of carbonyl (C=O) groups excluding carboxylic acids is 1. The molecule has 0 spiro atoms. The van der Waals surface area contributed by atoms with Gasteiger partial charge in [0.1, 0.15) is 18.0 Å². The molecule has 0 radical (unpaired) electrons. The summed E-state index contributed by atoms with van der Waals surface area (Å²) in [6.07, 6.45) is 3.68. The largest absolute Gasteiger partial charge is 0.317 e. The number of anilines is 1. The van der Waals surface area contributed by atoms with Gasteiger partial charge in [0.2, 0.25) is 0 Å². The van der Waals surface area contributed by atoms with Crippen LogP contribution in [0.3, 0.4) is 0 Å². The summed E-state index contributed by atoms with van der Waals surface area (Å²) in [5, 5.41) is 8.27. The van der Waals surface area contributed by atoms with Crippen LogP contribution in [0.4, 0.5) is 15.9 Å². The molecule has 36 heavy (non-hydrogen) atoms. The number of pyridine rings is 1. The SMILES string of the molecule is [C-]#[N+]c1ccc(-c2cc(C3CC3)nc(N3Cc4c(F)cc(CCl)cc4C3=O)c2)c(-c2nncn2C)c1. The van der Waals surface area contributed by atoms with Gasteiger partial charge in [0, 0.05) is 41.2 Å². The van der Waals surface area contributed by atoms with Crippen LogP contribution in [0.1, 0.15) is 45.9 Å². The highest BCUT2D eigenvalue weighted by Gasteiger charge is 2.34. The summed E-state index contributed by atoms with van der Waals surface area (Å²) in [6.45, 7) is 7.57. The molecule has 0 N–H and O–H groups in total. The summed E-state index contributed by atoms with van der Waals surface area (Å²) >= 11 is 5.91. The maximum atomic E-state index is 14.8. The number of nitrogens with zero attached hydrogens (tertiary/aromatic N) is 6. The summed E-state index contributed by atoms with van der Waals surface area (Å²) in [4.78, 5) is 23.3. The van der Waals surface area contributed by atoms with Gasteiger partial charge in [-0.15, -0.1) is 21.8 Å². The zero-order valence-corrected chi connectivity index (χ0v) is 20.1. The van der Waals surface area contributed by atoms with E-state index in [2.05, 4.69) is 15.0 Å². The maximum Gasteiger partial charge on any atom is 0.260 e. The van der Waals surface area contributed by atoms with Gasteiger partial charge >= 0.3 is 0 Å². The number of fused-ring (bicyclic) bond motifs is 1. The molecule has 7 nitrogen and oxygen atoms in total. The Morgan fingerprint density at radius 1 is 1.14 bits per heavy atom. The van der Waals surface area contributed by atoms with E-state index in [1.54, 1.807) is 29.1 Å². The van der Waals surface area contributed by atoms with Crippen LogP contribution in [0.25, 0.3) is 27.4 Å². The minimum Gasteiger partial charge on any atom is -0.317 e. The lowest BCUT2D eigenvalue weighted by atomic mass is 9.97. The van der Waals surface area contributed by atoms with Gasteiger partial charge in [0.15, 0.2) is 11.5 Å². The molecule has 1 aliphatic heterocycles. The van der Waals surface area contributed by atoms with E-state index in [-0.39, 0.29) is 18.3 Å². The van der Waals surface area contributed by atoms with Crippen molar-refractivity contribution in [3.05, 3.63) is 88.4 Å². The smallest absolute Gasteiger partial charge is 0.260 e. The van der Waals surface area contributed by atoms with Gasteiger partial charge in [-0.2, -0.15) is 0 Å². The molecule has 2 aliphatic rings. The molecule has 1 fully saturated rings. The average molecular weight is 499 g/mol. The van der Waals surface area contributed by atoms with Crippen LogP contribution in [0.5, 0.6) is 0 Å². The lowest BCUT2D eigenvalue weighted by Crippen LogP contribution is -2.24. The van der Waals surface area contributed by atoms with Crippen LogP contribution in [-0.4, -0.2) is 25.7 Å². The van der Waals surface area contributed by atoms with E-state index in [4.69, 9.17) is 23.2 Å². The van der Waals surface area contributed by atoms with Crippen LogP contribution in [0.15, 0.2) is 48.8 Å². The highest BCUT2D eigenvalue weighted by molar-refractivity contribution is 6.17. The molecule has 4 aromatic rings. The molecule has 2 aromatic heterocycles. The Hall–Kier alpha value is -4.09. The highest BCUT2D eigenvalue weighted by atomic mass is 35.5. The summed E-state index contributed by atoms with van der Waals surface area (Å²) in [6, 6.07) is 12.4. The maximum absolute atomic E-state index is 14.8. The Bertz CT molecular complexity index is 1590. The lowest BCUT2D eigenvalue weighted by molar-refractivity contribution is 0.0995. The van der Waals surface area contributed by atoms with Crippen molar-refractivity contribution in [3.63, 3.8) is 0 Å². The molecular weight excluding hydrogens is 479 g/mol. The summed E-state index contributed by atoms with van der Waals surface area (Å²) < 4.78 is 16.6. The Kier molecular flexibility index (Phi) is 5.31. The zero-order valence-electron chi connectivity index (χ0n) is 19.4. The fraction of sp³-hybridized carbons (Fsp3) is 0.222. The molecule has 2 aromatic carbocycles. The third kappa shape index (κ3) is 3.73. The third-order valence-corrected chi connectivity index (χ3v) is 7.01. The number of hydrogen-bond acceptors (Lipinski definition) is 4. The van der Waals surface area contributed by atoms with Crippen molar-refractivity contribution in [3.8, 4) is 22.5 Å². The first kappa shape index (κ1) is 22.4. The normalized spacial score (nSPS) is 14.7. The first-order valence-corrected chi connectivity index (χ1v) is 12.1. The Morgan fingerprint density at radius 2 is 1.97 bits per heavy atom. The van der Waals surface area contributed by atoms with Crippen molar-refractivity contribution >= 4 is 29.0 Å². The Labute approximate surface area is 212 Å². The molecule has 1 amide bonds. The van der Waals surface area contributed by atoms with E-state index in [1.165, 1.54) is 11.0 Å². The molecule has 3 heterocycles. The predicted molar refractivity (Wildman–Crippen MR) is 134 cm³/mol. The molecule has 9 heteroatoms. The summed E-state index contributed by atoms with van der Waals surface area (Å²) in [7, 11) is 1.85. The van der Waals surface area contributed by atoms with Crippen LogP contribution in [0.2, 0.25) is 0 Å². The average Bonchev–Trinajstić information content (AvgIpc) is 3.58. The molecule has 0 bridgehead atoms. The van der Waals surface area contributed by atoms with Gasteiger partial charge in [0.25, 0.3) is 5.91 Å². The van der Waals surface area contributed by atoms with E-state index < -0.39 is 5.82 Å². The van der Waals surface area contributed by atoms with Crippen molar-refractivity contribution in [2.24, 2.45) is 7.05 Å². The van der Waals surface area contributed by atoms with E-state index in [9.17, 15) is 9.18 Å². The standard InChI is InChI=1S/C27H20ClFN6O/c1-30-18-5-6-19(20(11-18)26-33-31-14-34(26)2)17-9-24(16-3-4-16)32-25(10-17)35-13-22-21(27(35)36)7-15(12-28)8-23(22)29/h5-11,14,16H,3-4,12-13H2,2H3. The highest BCUT2D eigenvalue weighted by Crippen LogP contribution is 2.43. The number of aromatic nitrogens is 4. The second kappa shape index (κ2) is 8.54. The van der Waals surface area contributed by atoms with Gasteiger partial charge < -0.3 is 4.57 Å². The van der Waals surface area contributed by atoms with E-state index >= 15 is 0 Å². The number of aryl methyl sites for hydroxylation is 1. The second-order valence-corrected chi connectivity index (χ2v) is 9.42. The van der Waals surface area contributed by atoms with E-state index in [1.807, 2.05) is 25.2 Å². The number of halogens is 2. The van der Waals surface area contributed by atoms with Crippen molar-refractivity contribution < 1.29 is 9.18 Å². The number of alkyl halides is 1. The molecule has 0 unspecified atom stereocenters. The number of amides is 1. The predicted octanol–water partition coefficient (Wildman–Crippen LogP) is 6.01. The van der Waals surface area contributed by atoms with E-state index in [0.29, 0.717) is 39.9 Å². The van der Waals surface area contributed by atoms with Crippen molar-refractivity contribution in [2.75, 3.05) is 4.90 Å². The molecule has 0 saturated heterocycles. The fourth-order valence-corrected chi connectivity index (χ4v) is 4.82. The molecule has 6 rings (SSSR count). The quantitative estimate of drug-likeness (QED) is 0.249.